The third-order valence-electron chi connectivity index (χ3n) is 5.71. The summed E-state index contributed by atoms with van der Waals surface area (Å²) in [5.41, 5.74) is -2.25. The molecule has 10 nitrogen and oxygen atoms in total. The number of carbonyl (C=O) groups is 2. The number of methoxy groups -OCH3 is 1. The van der Waals surface area contributed by atoms with E-state index in [1.165, 1.54) is 25.4 Å². The fourth-order valence-corrected chi connectivity index (χ4v) is 3.81. The zero-order chi connectivity index (χ0) is 27.4. The summed E-state index contributed by atoms with van der Waals surface area (Å²) in [4.78, 5) is 28.1. The van der Waals surface area contributed by atoms with Gasteiger partial charge in [0.15, 0.2) is 0 Å². The first kappa shape index (κ1) is 26.8. The van der Waals surface area contributed by atoms with E-state index in [1.807, 2.05) is 0 Å². The average molecular weight is 541 g/mol. The standard InChI is InChI=1S/C23H20F5N5O5/c1-36-21(35)11-2-5-13(6-3-11)37-18-7-4-12(10-29-18)30-19(34)20-32-33-22(38-20)31-17-8-14(23(26,27)28)15(24)9-16(17)25/h4,7-11,13H,2-3,5-6H2,1H3,(H,30,34)(H,31,33)/t11-,13-. The van der Waals surface area contributed by atoms with Gasteiger partial charge in [-0.15, -0.1) is 5.10 Å². The van der Waals surface area contributed by atoms with Gasteiger partial charge in [-0.25, -0.2) is 13.8 Å². The number of pyridine rings is 1. The predicted molar refractivity (Wildman–Crippen MR) is 120 cm³/mol. The summed E-state index contributed by atoms with van der Waals surface area (Å²) in [7, 11) is 1.36. The normalized spacial score (nSPS) is 17.5. The second-order valence-electron chi connectivity index (χ2n) is 8.30. The predicted octanol–water partition coefficient (Wildman–Crippen LogP) is 4.87. The van der Waals surface area contributed by atoms with Crippen LogP contribution in [0.3, 0.4) is 0 Å². The lowest BCUT2D eigenvalue weighted by molar-refractivity contribution is -0.147. The molecule has 38 heavy (non-hydrogen) atoms. The number of alkyl halides is 3. The van der Waals surface area contributed by atoms with Gasteiger partial charge in [-0.2, -0.15) is 13.2 Å². The Hall–Kier alpha value is -4.30. The molecule has 202 valence electrons. The highest BCUT2D eigenvalue weighted by Crippen LogP contribution is 2.35. The van der Waals surface area contributed by atoms with Crippen LogP contribution in [0.1, 0.15) is 41.9 Å². The van der Waals surface area contributed by atoms with E-state index in [9.17, 15) is 31.5 Å². The number of esters is 1. The minimum absolute atomic E-state index is 0.0584. The van der Waals surface area contributed by atoms with Crippen molar-refractivity contribution >= 4 is 29.3 Å². The van der Waals surface area contributed by atoms with E-state index in [1.54, 1.807) is 0 Å². The highest BCUT2D eigenvalue weighted by molar-refractivity contribution is 6.00. The average Bonchev–Trinajstić information content (AvgIpc) is 3.35. The van der Waals surface area contributed by atoms with Crippen LogP contribution in [0.2, 0.25) is 0 Å². The maximum absolute atomic E-state index is 13.9. The molecule has 3 aromatic rings. The summed E-state index contributed by atoms with van der Waals surface area (Å²) in [6.07, 6.45) is -1.26. The number of anilines is 3. The van der Waals surface area contributed by atoms with Crippen molar-refractivity contribution in [3.63, 3.8) is 0 Å². The highest BCUT2D eigenvalue weighted by Gasteiger charge is 2.35. The maximum Gasteiger partial charge on any atom is 0.419 e. The van der Waals surface area contributed by atoms with Crippen molar-refractivity contribution in [2.45, 2.75) is 38.0 Å². The Kier molecular flexibility index (Phi) is 7.73. The van der Waals surface area contributed by atoms with Crippen molar-refractivity contribution in [2.75, 3.05) is 17.7 Å². The molecule has 4 rings (SSSR count). The number of nitrogens with zero attached hydrogens (tertiary/aromatic N) is 3. The Morgan fingerprint density at radius 1 is 1.05 bits per heavy atom. The molecule has 1 amide bonds. The molecule has 0 saturated heterocycles. The Morgan fingerprint density at radius 2 is 1.79 bits per heavy atom. The van der Waals surface area contributed by atoms with Crippen LogP contribution in [-0.4, -0.2) is 40.3 Å². The quantitative estimate of drug-likeness (QED) is 0.318. The van der Waals surface area contributed by atoms with Crippen LogP contribution in [0.4, 0.5) is 39.3 Å². The molecule has 1 aromatic carbocycles. The van der Waals surface area contributed by atoms with Crippen molar-refractivity contribution in [1.29, 1.82) is 0 Å². The molecule has 2 aromatic heterocycles. The minimum Gasteiger partial charge on any atom is -0.474 e. The first-order valence-electron chi connectivity index (χ1n) is 11.2. The maximum atomic E-state index is 13.9. The fourth-order valence-electron chi connectivity index (χ4n) is 3.81. The lowest BCUT2D eigenvalue weighted by Crippen LogP contribution is -2.28. The van der Waals surface area contributed by atoms with Crippen LogP contribution in [-0.2, 0) is 15.7 Å². The van der Waals surface area contributed by atoms with Crippen molar-refractivity contribution in [1.82, 2.24) is 15.2 Å². The second-order valence-corrected chi connectivity index (χ2v) is 8.30. The molecule has 15 heteroatoms. The second kappa shape index (κ2) is 11.0. The minimum atomic E-state index is -5.06. The van der Waals surface area contributed by atoms with Crippen LogP contribution in [0.25, 0.3) is 0 Å². The Morgan fingerprint density at radius 3 is 2.42 bits per heavy atom. The van der Waals surface area contributed by atoms with E-state index in [-0.39, 0.29) is 35.8 Å². The Bertz CT molecular complexity index is 1310. The van der Waals surface area contributed by atoms with Gasteiger partial charge in [0.05, 0.1) is 36.2 Å². The SMILES string of the molecule is COC(=O)[C@H]1CC[C@H](Oc2ccc(NC(=O)c3nnc(Nc4cc(C(F)(F)F)c(F)cc4F)o3)cn2)CC1. The van der Waals surface area contributed by atoms with Gasteiger partial charge in [0.25, 0.3) is 0 Å². The summed E-state index contributed by atoms with van der Waals surface area (Å²) < 4.78 is 81.7. The van der Waals surface area contributed by atoms with Gasteiger partial charge in [-0.05, 0) is 37.8 Å². The molecule has 2 N–H and O–H groups in total. The van der Waals surface area contributed by atoms with Crippen LogP contribution in [0.5, 0.6) is 5.88 Å². The molecule has 1 aliphatic carbocycles. The summed E-state index contributed by atoms with van der Waals surface area (Å²) in [6, 6.07) is 2.69. The number of aromatic nitrogens is 3. The van der Waals surface area contributed by atoms with Gasteiger partial charge in [-0.1, -0.05) is 5.10 Å². The first-order chi connectivity index (χ1) is 18.0. The molecular formula is C23H20F5N5O5. The Labute approximate surface area is 211 Å². The number of hydrogen-bond acceptors (Lipinski definition) is 9. The van der Waals surface area contributed by atoms with E-state index in [0.29, 0.717) is 31.6 Å². The van der Waals surface area contributed by atoms with Gasteiger partial charge in [0.1, 0.15) is 17.7 Å². The van der Waals surface area contributed by atoms with Crippen LogP contribution in [0.15, 0.2) is 34.9 Å². The Balaban J connectivity index is 1.33. The number of rotatable bonds is 7. The number of nitrogens with one attached hydrogen (secondary N) is 2. The third-order valence-corrected chi connectivity index (χ3v) is 5.71. The van der Waals surface area contributed by atoms with Crippen LogP contribution >= 0.6 is 0 Å². The van der Waals surface area contributed by atoms with Crippen molar-refractivity contribution in [3.05, 3.63) is 53.6 Å². The van der Waals surface area contributed by atoms with Crippen molar-refractivity contribution in [3.8, 4) is 5.88 Å². The highest BCUT2D eigenvalue weighted by atomic mass is 19.4. The first-order valence-corrected chi connectivity index (χ1v) is 11.2. The van der Waals surface area contributed by atoms with Gasteiger partial charge in [0.2, 0.25) is 5.88 Å². The molecule has 0 aliphatic heterocycles. The number of halogens is 5. The molecule has 0 atom stereocenters. The third kappa shape index (κ3) is 6.33. The van der Waals surface area contributed by atoms with Gasteiger partial charge in [0, 0.05) is 12.1 Å². The molecule has 0 bridgehead atoms. The van der Waals surface area contributed by atoms with Gasteiger partial charge < -0.3 is 24.5 Å². The van der Waals surface area contributed by atoms with Gasteiger partial charge in [-0.3, -0.25) is 9.59 Å². The lowest BCUT2D eigenvalue weighted by Gasteiger charge is -2.27. The molecular weight excluding hydrogens is 521 g/mol. The monoisotopic (exact) mass is 541 g/mol. The van der Waals surface area contributed by atoms with Gasteiger partial charge >= 0.3 is 30.0 Å². The molecule has 0 unspecified atom stereocenters. The molecule has 1 aliphatic rings. The molecule has 1 saturated carbocycles. The number of ether oxygens (including phenoxy) is 2. The van der Waals surface area contributed by atoms with Crippen molar-refractivity contribution in [2.24, 2.45) is 5.92 Å². The zero-order valence-corrected chi connectivity index (χ0v) is 19.6. The van der Waals surface area contributed by atoms with E-state index < -0.39 is 46.9 Å². The fraction of sp³-hybridized carbons (Fsp3) is 0.348. The molecule has 0 spiro atoms. The van der Waals surface area contributed by atoms with Crippen LogP contribution < -0.4 is 15.4 Å². The topological polar surface area (TPSA) is 128 Å². The summed E-state index contributed by atoms with van der Waals surface area (Å²) in [6.45, 7) is 0. The number of benzene rings is 1. The van der Waals surface area contributed by atoms with E-state index >= 15 is 0 Å². The van der Waals surface area contributed by atoms with E-state index in [0.717, 1.165) is 0 Å². The number of carbonyl (C=O) groups excluding carboxylic acids is 2. The lowest BCUT2D eigenvalue weighted by atomic mass is 9.87. The molecule has 0 radical (unpaired) electrons. The smallest absolute Gasteiger partial charge is 0.419 e. The molecule has 2 heterocycles. The number of hydrogen-bond donors (Lipinski definition) is 2. The van der Waals surface area contributed by atoms with Crippen LogP contribution in [0, 0.1) is 17.6 Å². The van der Waals surface area contributed by atoms with E-state index in [2.05, 4.69) is 25.8 Å². The molecule has 1 fully saturated rings. The largest absolute Gasteiger partial charge is 0.474 e. The number of amides is 1. The van der Waals surface area contributed by atoms with Crippen molar-refractivity contribution < 1.29 is 45.4 Å². The summed E-state index contributed by atoms with van der Waals surface area (Å²) in [5, 5.41) is 11.4. The summed E-state index contributed by atoms with van der Waals surface area (Å²) >= 11 is 0. The van der Waals surface area contributed by atoms with E-state index in [4.69, 9.17) is 13.9 Å². The zero-order valence-electron chi connectivity index (χ0n) is 19.6. The summed E-state index contributed by atoms with van der Waals surface area (Å²) in [5.74, 6) is -4.66.